The highest BCUT2D eigenvalue weighted by Gasteiger charge is 2.43. The van der Waals surface area contributed by atoms with Gasteiger partial charge in [-0.3, -0.25) is 9.79 Å². The zero-order chi connectivity index (χ0) is 25.9. The molecule has 0 radical (unpaired) electrons. The van der Waals surface area contributed by atoms with E-state index < -0.39 is 10.4 Å². The van der Waals surface area contributed by atoms with Crippen LogP contribution in [0.15, 0.2) is 77.2 Å². The van der Waals surface area contributed by atoms with Gasteiger partial charge in [-0.05, 0) is 54.3 Å². The Hall–Kier alpha value is -3.40. The molecule has 1 aliphatic rings. The van der Waals surface area contributed by atoms with Crippen LogP contribution in [0.3, 0.4) is 0 Å². The maximum absolute atomic E-state index is 13.5. The quantitative estimate of drug-likeness (QED) is 0.220. The Labute approximate surface area is 216 Å². The first kappa shape index (κ1) is 25.7. The molecule has 1 amide bonds. The molecule has 0 saturated carbocycles. The minimum absolute atomic E-state index is 0.144. The second-order valence-electron chi connectivity index (χ2n) is 8.42. The Morgan fingerprint density at radius 2 is 2.08 bits per heavy atom. The Balaban J connectivity index is 1.54. The van der Waals surface area contributed by atoms with Crippen LogP contribution in [0, 0.1) is 13.8 Å². The monoisotopic (exact) mass is 521 g/mol. The molecule has 4 rings (SSSR count). The first-order chi connectivity index (χ1) is 17.2. The molecule has 0 spiro atoms. The van der Waals surface area contributed by atoms with Gasteiger partial charge in [0.25, 0.3) is 0 Å². The number of nitrogens with zero attached hydrogens (tertiary/aromatic N) is 3. The van der Waals surface area contributed by atoms with Gasteiger partial charge in [0, 0.05) is 28.8 Å². The average molecular weight is 522 g/mol. The fraction of sp³-hybridized carbons (Fsp3) is 0.222. The van der Waals surface area contributed by atoms with E-state index in [1.165, 1.54) is 11.3 Å². The molecule has 36 heavy (non-hydrogen) atoms. The lowest BCUT2D eigenvalue weighted by Gasteiger charge is -2.18. The van der Waals surface area contributed by atoms with Gasteiger partial charge in [0.15, 0.2) is 5.13 Å². The number of allylic oxidation sites excluding steroid dienone is 3. The number of carbonyl (C=O) groups excluding carboxylic acids is 1. The van der Waals surface area contributed by atoms with Gasteiger partial charge in [-0.15, -0.1) is 11.3 Å². The van der Waals surface area contributed by atoms with Crippen LogP contribution < -0.4 is 9.62 Å². The van der Waals surface area contributed by atoms with E-state index >= 15 is 0 Å². The Morgan fingerprint density at radius 1 is 1.31 bits per heavy atom. The predicted molar refractivity (Wildman–Crippen MR) is 149 cm³/mol. The lowest BCUT2D eigenvalue weighted by atomic mass is 10.1. The Bertz CT molecular complexity index is 1420. The van der Waals surface area contributed by atoms with Gasteiger partial charge in [-0.25, -0.2) is 4.98 Å². The number of hydrogen-bond acceptors (Lipinski definition) is 5. The Kier molecular flexibility index (Phi) is 7.63. The third kappa shape index (κ3) is 5.23. The molecule has 2 N–H and O–H groups in total. The summed E-state index contributed by atoms with van der Waals surface area (Å²) in [5, 5.41) is 3.39. The first-order valence-electron chi connectivity index (χ1n) is 11.5. The van der Waals surface area contributed by atoms with Gasteiger partial charge in [-0.1, -0.05) is 43.0 Å². The highest BCUT2D eigenvalue weighted by molar-refractivity contribution is 7.99. The number of aromatic nitrogens is 1. The summed E-state index contributed by atoms with van der Waals surface area (Å²) in [4.78, 5) is 22.7. The lowest BCUT2D eigenvalue weighted by molar-refractivity contribution is -0.115. The standard InChI is InChI=1S/C27H28N4O3S2/c1-5-6-10-22(28-4)17-25(32)29-27-30-26(19(3)35-27)21-12-13-23-20(16-21)14-15-31(23)36(33,34)24-11-8-7-9-18(24)2/h5-13,16H,1,14-15,17H2,2-4H3,(H-,29,30,32,33,34)/p+1/b10-6-,28-22?. The zero-order valence-corrected chi connectivity index (χ0v) is 22.2. The van der Waals surface area contributed by atoms with Crippen molar-refractivity contribution in [2.45, 2.75) is 31.6 Å². The van der Waals surface area contributed by atoms with E-state index in [-0.39, 0.29) is 12.3 Å². The van der Waals surface area contributed by atoms with Crippen LogP contribution in [-0.4, -0.2) is 34.7 Å². The fourth-order valence-corrected chi connectivity index (χ4v) is 6.80. The topological polar surface area (TPSA) is 94.9 Å². The SMILES string of the molecule is C=C/C=C\C(CC(=O)Nc1nc(-c2ccc3c(c2)CCN3[S+](=O)(O)c2ccccc2C)c(C)s1)=NC. The van der Waals surface area contributed by atoms with Crippen molar-refractivity contribution in [1.82, 2.24) is 4.98 Å². The number of thiazole rings is 1. The van der Waals surface area contributed by atoms with Crippen molar-refractivity contribution < 1.29 is 13.6 Å². The minimum Gasteiger partial charge on any atom is -0.302 e. The van der Waals surface area contributed by atoms with Crippen LogP contribution in [0.5, 0.6) is 0 Å². The van der Waals surface area contributed by atoms with Crippen molar-refractivity contribution in [1.29, 1.82) is 0 Å². The molecule has 2 heterocycles. The van der Waals surface area contributed by atoms with Crippen LogP contribution >= 0.6 is 11.3 Å². The van der Waals surface area contributed by atoms with E-state index in [2.05, 4.69) is 21.9 Å². The van der Waals surface area contributed by atoms with E-state index in [1.54, 1.807) is 41.7 Å². The molecule has 1 atom stereocenters. The van der Waals surface area contributed by atoms with Crippen LogP contribution in [0.2, 0.25) is 0 Å². The number of carbonyl (C=O) groups is 1. The van der Waals surface area contributed by atoms with Gasteiger partial charge < -0.3 is 5.32 Å². The summed E-state index contributed by atoms with van der Waals surface area (Å²) in [5.41, 5.74) is 4.89. The van der Waals surface area contributed by atoms with Crippen molar-refractivity contribution in [2.24, 2.45) is 4.99 Å². The molecule has 186 valence electrons. The van der Waals surface area contributed by atoms with E-state index in [9.17, 15) is 13.6 Å². The number of anilines is 2. The molecule has 0 saturated heterocycles. The highest BCUT2D eigenvalue weighted by Crippen LogP contribution is 2.39. The maximum atomic E-state index is 13.5. The third-order valence-electron chi connectivity index (χ3n) is 5.98. The van der Waals surface area contributed by atoms with Crippen molar-refractivity contribution in [3.8, 4) is 11.3 Å². The lowest BCUT2D eigenvalue weighted by Crippen LogP contribution is -2.35. The molecular weight excluding hydrogens is 492 g/mol. The van der Waals surface area contributed by atoms with Crippen molar-refractivity contribution >= 4 is 44.2 Å². The summed E-state index contributed by atoms with van der Waals surface area (Å²) in [6.07, 6.45) is 5.94. The van der Waals surface area contributed by atoms with E-state index in [4.69, 9.17) is 0 Å². The molecule has 0 fully saturated rings. The van der Waals surface area contributed by atoms with E-state index in [0.29, 0.717) is 28.7 Å². The average Bonchev–Trinajstić information content (AvgIpc) is 3.44. The largest absolute Gasteiger partial charge is 0.348 e. The summed E-state index contributed by atoms with van der Waals surface area (Å²) in [6.45, 7) is 7.90. The molecule has 1 unspecified atom stereocenters. The molecule has 1 aromatic heterocycles. The number of hydrogen-bond donors (Lipinski definition) is 2. The summed E-state index contributed by atoms with van der Waals surface area (Å²) >= 11 is 1.41. The van der Waals surface area contributed by atoms with Crippen molar-refractivity contribution in [3.05, 3.63) is 83.3 Å². The third-order valence-corrected chi connectivity index (χ3v) is 8.88. The smallest absolute Gasteiger partial charge is 0.302 e. The summed E-state index contributed by atoms with van der Waals surface area (Å²) in [5.74, 6) is -0.192. The normalized spacial score (nSPS) is 15.1. The van der Waals surface area contributed by atoms with Crippen LogP contribution in [0.25, 0.3) is 11.3 Å². The molecular formula is C27H29N4O3S2+. The zero-order valence-electron chi connectivity index (χ0n) is 20.5. The molecule has 0 bridgehead atoms. The molecule has 0 aliphatic carbocycles. The van der Waals surface area contributed by atoms with Crippen LogP contribution in [0.4, 0.5) is 10.8 Å². The highest BCUT2D eigenvalue weighted by atomic mass is 32.3. The van der Waals surface area contributed by atoms with Crippen LogP contribution in [-0.2, 0) is 25.8 Å². The number of benzene rings is 2. The molecule has 9 heteroatoms. The van der Waals surface area contributed by atoms with Gasteiger partial charge >= 0.3 is 10.4 Å². The van der Waals surface area contributed by atoms with Gasteiger partial charge in [-0.2, -0.15) is 8.86 Å². The van der Waals surface area contributed by atoms with Crippen LogP contribution in [0.1, 0.15) is 22.4 Å². The number of fused-ring (bicyclic) bond motifs is 1. The predicted octanol–water partition coefficient (Wildman–Crippen LogP) is 5.88. The van der Waals surface area contributed by atoms with E-state index in [0.717, 1.165) is 32.9 Å². The summed E-state index contributed by atoms with van der Waals surface area (Å²) < 4.78 is 26.1. The second kappa shape index (κ2) is 10.7. The molecule has 3 aromatic rings. The maximum Gasteiger partial charge on any atom is 0.348 e. The number of aryl methyl sites for hydroxylation is 2. The molecule has 2 aromatic carbocycles. The molecule has 1 aliphatic heterocycles. The number of aliphatic imine (C=N–C) groups is 1. The van der Waals surface area contributed by atoms with Gasteiger partial charge in [0.2, 0.25) is 10.8 Å². The summed E-state index contributed by atoms with van der Waals surface area (Å²) in [7, 11) is -1.75. The first-order valence-corrected chi connectivity index (χ1v) is 13.8. The van der Waals surface area contributed by atoms with E-state index in [1.807, 2.05) is 44.2 Å². The number of amides is 1. The second-order valence-corrected chi connectivity index (χ2v) is 11.5. The van der Waals surface area contributed by atoms with Crippen molar-refractivity contribution in [2.75, 3.05) is 23.2 Å². The minimum atomic E-state index is -3.39. The van der Waals surface area contributed by atoms with Gasteiger partial charge in [0.1, 0.15) is 0 Å². The van der Waals surface area contributed by atoms with Gasteiger partial charge in [0.05, 0.1) is 24.3 Å². The Morgan fingerprint density at radius 3 is 2.81 bits per heavy atom. The van der Waals surface area contributed by atoms with Crippen molar-refractivity contribution in [3.63, 3.8) is 0 Å². The molecule has 7 nitrogen and oxygen atoms in total. The number of rotatable bonds is 8. The summed E-state index contributed by atoms with van der Waals surface area (Å²) in [6, 6.07) is 13.0. The number of nitrogens with one attached hydrogen (secondary N) is 1. The fourth-order valence-electron chi connectivity index (χ4n) is 4.19.